The maximum absolute atomic E-state index is 6.03. The predicted octanol–water partition coefficient (Wildman–Crippen LogP) is 1.93. The SMILES string of the molecule is CCCNC(=NC)NCCCNCC1CCc2ccccc2O1. The van der Waals surface area contributed by atoms with Crippen LogP contribution in [0.15, 0.2) is 29.3 Å². The van der Waals surface area contributed by atoms with Crippen molar-refractivity contribution in [2.45, 2.75) is 38.7 Å². The second kappa shape index (κ2) is 10.1. The van der Waals surface area contributed by atoms with Crippen LogP contribution in [0.1, 0.15) is 31.7 Å². The zero-order chi connectivity index (χ0) is 16.3. The number of aryl methyl sites for hydroxylation is 1. The number of aliphatic imine (C=N–C) groups is 1. The summed E-state index contributed by atoms with van der Waals surface area (Å²) in [6.07, 6.45) is 4.67. The van der Waals surface area contributed by atoms with Crippen LogP contribution in [0.4, 0.5) is 0 Å². The van der Waals surface area contributed by atoms with Gasteiger partial charge in [-0.15, -0.1) is 0 Å². The molecule has 0 bridgehead atoms. The molecule has 0 aromatic heterocycles. The monoisotopic (exact) mass is 318 g/mol. The molecule has 128 valence electrons. The van der Waals surface area contributed by atoms with Crippen LogP contribution in [-0.2, 0) is 6.42 Å². The van der Waals surface area contributed by atoms with E-state index in [9.17, 15) is 0 Å². The Bertz CT molecular complexity index is 490. The van der Waals surface area contributed by atoms with Crippen LogP contribution in [0.25, 0.3) is 0 Å². The molecule has 1 aliphatic rings. The Morgan fingerprint density at radius 1 is 1.22 bits per heavy atom. The lowest BCUT2D eigenvalue weighted by Gasteiger charge is -2.26. The fourth-order valence-corrected chi connectivity index (χ4v) is 2.67. The Morgan fingerprint density at radius 3 is 2.87 bits per heavy atom. The average molecular weight is 318 g/mol. The van der Waals surface area contributed by atoms with E-state index in [0.29, 0.717) is 0 Å². The number of nitrogens with zero attached hydrogens (tertiary/aromatic N) is 1. The van der Waals surface area contributed by atoms with Gasteiger partial charge in [-0.3, -0.25) is 4.99 Å². The summed E-state index contributed by atoms with van der Waals surface area (Å²) in [4.78, 5) is 4.19. The third-order valence-corrected chi connectivity index (χ3v) is 3.96. The van der Waals surface area contributed by atoms with Gasteiger partial charge in [0.25, 0.3) is 0 Å². The van der Waals surface area contributed by atoms with Crippen LogP contribution in [0.2, 0.25) is 0 Å². The van der Waals surface area contributed by atoms with Gasteiger partial charge in [-0.1, -0.05) is 25.1 Å². The summed E-state index contributed by atoms with van der Waals surface area (Å²) in [5.74, 6) is 1.94. The molecule has 3 N–H and O–H groups in total. The highest BCUT2D eigenvalue weighted by Gasteiger charge is 2.18. The quantitative estimate of drug-likeness (QED) is 0.389. The number of ether oxygens (including phenoxy) is 1. The lowest BCUT2D eigenvalue weighted by molar-refractivity contribution is 0.170. The van der Waals surface area contributed by atoms with Gasteiger partial charge in [-0.25, -0.2) is 0 Å². The van der Waals surface area contributed by atoms with Crippen LogP contribution in [0, 0.1) is 0 Å². The lowest BCUT2D eigenvalue weighted by Crippen LogP contribution is -2.39. The molecule has 5 nitrogen and oxygen atoms in total. The Labute approximate surface area is 139 Å². The van der Waals surface area contributed by atoms with Crippen LogP contribution < -0.4 is 20.7 Å². The molecule has 2 rings (SSSR count). The van der Waals surface area contributed by atoms with Gasteiger partial charge in [-0.05, 0) is 43.9 Å². The predicted molar refractivity (Wildman–Crippen MR) is 96.3 cm³/mol. The van der Waals surface area contributed by atoms with Crippen molar-refractivity contribution >= 4 is 5.96 Å². The molecule has 1 atom stereocenters. The Hall–Kier alpha value is -1.75. The molecular formula is C18H30N4O. The molecule has 23 heavy (non-hydrogen) atoms. The number of para-hydroxylation sites is 1. The Kier molecular flexibility index (Phi) is 7.73. The third kappa shape index (κ3) is 6.10. The van der Waals surface area contributed by atoms with Gasteiger partial charge in [-0.2, -0.15) is 0 Å². The van der Waals surface area contributed by atoms with Crippen LogP contribution in [-0.4, -0.2) is 45.3 Å². The van der Waals surface area contributed by atoms with E-state index in [0.717, 1.165) is 63.6 Å². The second-order valence-corrected chi connectivity index (χ2v) is 5.87. The fraction of sp³-hybridized carbons (Fsp3) is 0.611. The van der Waals surface area contributed by atoms with E-state index in [4.69, 9.17) is 4.74 Å². The molecule has 0 spiro atoms. The number of fused-ring (bicyclic) bond motifs is 1. The smallest absolute Gasteiger partial charge is 0.190 e. The van der Waals surface area contributed by atoms with Gasteiger partial charge in [0.2, 0.25) is 0 Å². The van der Waals surface area contributed by atoms with Crippen LogP contribution >= 0.6 is 0 Å². The minimum atomic E-state index is 0.289. The van der Waals surface area contributed by atoms with Gasteiger partial charge in [0.15, 0.2) is 5.96 Å². The van der Waals surface area contributed by atoms with Crippen LogP contribution in [0.5, 0.6) is 5.75 Å². The van der Waals surface area contributed by atoms with Gasteiger partial charge < -0.3 is 20.7 Å². The lowest BCUT2D eigenvalue weighted by atomic mass is 10.0. The first kappa shape index (κ1) is 17.6. The van der Waals surface area contributed by atoms with E-state index >= 15 is 0 Å². The van der Waals surface area contributed by atoms with Crippen molar-refractivity contribution < 1.29 is 4.74 Å². The minimum absolute atomic E-state index is 0.289. The highest BCUT2D eigenvalue weighted by molar-refractivity contribution is 5.79. The molecule has 0 fully saturated rings. The molecule has 1 unspecified atom stereocenters. The normalized spacial score (nSPS) is 17.3. The number of benzene rings is 1. The molecule has 0 aliphatic carbocycles. The maximum Gasteiger partial charge on any atom is 0.190 e. The fourth-order valence-electron chi connectivity index (χ4n) is 2.67. The van der Waals surface area contributed by atoms with Crippen molar-refractivity contribution in [2.24, 2.45) is 4.99 Å². The second-order valence-electron chi connectivity index (χ2n) is 5.87. The van der Waals surface area contributed by atoms with E-state index in [-0.39, 0.29) is 6.10 Å². The summed E-state index contributed by atoms with van der Waals surface area (Å²) in [6.45, 7) is 5.93. The molecule has 1 aliphatic heterocycles. The number of nitrogens with one attached hydrogen (secondary N) is 3. The van der Waals surface area contributed by atoms with Crippen LogP contribution in [0.3, 0.4) is 0 Å². The third-order valence-electron chi connectivity index (χ3n) is 3.96. The van der Waals surface area contributed by atoms with Crippen molar-refractivity contribution in [3.8, 4) is 5.75 Å². The zero-order valence-corrected chi connectivity index (χ0v) is 14.4. The van der Waals surface area contributed by atoms with Crippen molar-refractivity contribution in [1.82, 2.24) is 16.0 Å². The summed E-state index contributed by atoms with van der Waals surface area (Å²) >= 11 is 0. The van der Waals surface area contributed by atoms with Gasteiger partial charge in [0.1, 0.15) is 11.9 Å². The largest absolute Gasteiger partial charge is 0.489 e. The van der Waals surface area contributed by atoms with E-state index in [1.807, 2.05) is 13.1 Å². The summed E-state index contributed by atoms with van der Waals surface area (Å²) in [5.41, 5.74) is 1.33. The summed E-state index contributed by atoms with van der Waals surface area (Å²) < 4.78 is 6.03. The molecule has 1 aromatic rings. The first-order chi connectivity index (χ1) is 11.3. The number of hydrogen-bond donors (Lipinski definition) is 3. The molecule has 0 radical (unpaired) electrons. The summed E-state index contributed by atoms with van der Waals surface area (Å²) in [5, 5.41) is 10.1. The Balaban J connectivity index is 1.55. The highest BCUT2D eigenvalue weighted by atomic mass is 16.5. The standard InChI is InChI=1S/C18H30N4O/c1-3-11-21-18(19-2)22-13-6-12-20-14-16-10-9-15-7-4-5-8-17(15)23-16/h4-5,7-8,16,20H,3,6,9-14H2,1-2H3,(H2,19,21,22). The van der Waals surface area contributed by atoms with E-state index in [1.165, 1.54) is 5.56 Å². The van der Waals surface area contributed by atoms with Gasteiger partial charge >= 0.3 is 0 Å². The molecule has 0 saturated carbocycles. The number of hydrogen-bond acceptors (Lipinski definition) is 3. The first-order valence-corrected chi connectivity index (χ1v) is 8.73. The first-order valence-electron chi connectivity index (χ1n) is 8.73. The molecule has 0 saturated heterocycles. The molecular weight excluding hydrogens is 288 g/mol. The molecule has 5 heteroatoms. The molecule has 1 heterocycles. The van der Waals surface area contributed by atoms with Crippen molar-refractivity contribution in [3.05, 3.63) is 29.8 Å². The zero-order valence-electron chi connectivity index (χ0n) is 14.4. The Morgan fingerprint density at radius 2 is 2.04 bits per heavy atom. The van der Waals surface area contributed by atoms with Crippen molar-refractivity contribution in [2.75, 3.05) is 33.2 Å². The molecule has 0 amide bonds. The maximum atomic E-state index is 6.03. The van der Waals surface area contributed by atoms with Gasteiger partial charge in [0.05, 0.1) is 0 Å². The van der Waals surface area contributed by atoms with Crippen molar-refractivity contribution in [1.29, 1.82) is 0 Å². The topological polar surface area (TPSA) is 57.7 Å². The number of guanidine groups is 1. The minimum Gasteiger partial charge on any atom is -0.489 e. The van der Waals surface area contributed by atoms with Crippen molar-refractivity contribution in [3.63, 3.8) is 0 Å². The van der Waals surface area contributed by atoms with E-state index in [1.54, 1.807) is 0 Å². The molecule has 1 aromatic carbocycles. The highest BCUT2D eigenvalue weighted by Crippen LogP contribution is 2.26. The van der Waals surface area contributed by atoms with Gasteiger partial charge in [0, 0.05) is 26.7 Å². The summed E-state index contributed by atoms with van der Waals surface area (Å²) in [7, 11) is 1.81. The van der Waals surface area contributed by atoms with E-state index in [2.05, 4.69) is 46.1 Å². The average Bonchev–Trinajstić information content (AvgIpc) is 2.60. The summed E-state index contributed by atoms with van der Waals surface area (Å²) in [6, 6.07) is 8.35. The van der Waals surface area contributed by atoms with E-state index < -0.39 is 0 Å². The number of rotatable bonds is 8.